The predicted octanol–water partition coefficient (Wildman–Crippen LogP) is 2.34. The van der Waals surface area contributed by atoms with E-state index < -0.39 is 11.6 Å². The lowest BCUT2D eigenvalue weighted by Crippen LogP contribution is -2.03. The van der Waals surface area contributed by atoms with Crippen LogP contribution >= 0.6 is 0 Å². The quantitative estimate of drug-likeness (QED) is 0.633. The summed E-state index contributed by atoms with van der Waals surface area (Å²) >= 11 is 0. The van der Waals surface area contributed by atoms with Gasteiger partial charge in [0.15, 0.2) is 11.5 Å². The van der Waals surface area contributed by atoms with E-state index in [0.29, 0.717) is 11.3 Å². The molecule has 1 heterocycles. The lowest BCUT2D eigenvalue weighted by Gasteiger charge is -2.03. The Kier molecular flexibility index (Phi) is 2.44. The number of ketones is 1. The zero-order valence-electron chi connectivity index (χ0n) is 10.4. The van der Waals surface area contributed by atoms with E-state index in [-0.39, 0.29) is 28.3 Å². The number of nitriles is 1. The Morgan fingerprint density at radius 2 is 2.10 bits per heavy atom. The van der Waals surface area contributed by atoms with Gasteiger partial charge in [-0.1, -0.05) is 0 Å². The Hall–Kier alpha value is -2.94. The molecule has 0 radical (unpaired) electrons. The normalized spacial score (nSPS) is 11.8. The summed E-state index contributed by atoms with van der Waals surface area (Å²) in [5, 5.41) is 8.97. The Balaban J connectivity index is 2.39. The van der Waals surface area contributed by atoms with Crippen LogP contribution < -0.4 is 0 Å². The van der Waals surface area contributed by atoms with Gasteiger partial charge in [0.2, 0.25) is 5.78 Å². The number of nitrogens with zero attached hydrogens (tertiary/aromatic N) is 4. The van der Waals surface area contributed by atoms with Crippen LogP contribution in [-0.4, -0.2) is 22.5 Å². The van der Waals surface area contributed by atoms with Gasteiger partial charge >= 0.3 is 0 Å². The third-order valence-electron chi connectivity index (χ3n) is 3.23. The van der Waals surface area contributed by atoms with Crippen LogP contribution in [0.3, 0.4) is 0 Å². The van der Waals surface area contributed by atoms with Gasteiger partial charge in [0.1, 0.15) is 23.3 Å². The van der Waals surface area contributed by atoms with Crippen LogP contribution in [0.2, 0.25) is 0 Å². The Morgan fingerprint density at radius 1 is 1.35 bits per heavy atom. The molecular weight excluding hydrogens is 259 g/mol. The molecule has 0 spiro atoms. The second kappa shape index (κ2) is 4.03. The molecule has 6 heteroatoms. The van der Waals surface area contributed by atoms with Crippen molar-refractivity contribution in [2.45, 2.75) is 6.92 Å². The summed E-state index contributed by atoms with van der Waals surface area (Å²) in [7, 11) is 0. The second-order valence-electron chi connectivity index (χ2n) is 4.29. The fraction of sp³-hybridized carbons (Fsp3) is 0.0714. The van der Waals surface area contributed by atoms with E-state index in [1.807, 2.05) is 6.07 Å². The molecule has 0 saturated carbocycles. The molecule has 96 valence electrons. The molecule has 0 fully saturated rings. The van der Waals surface area contributed by atoms with Crippen LogP contribution in [0.5, 0.6) is 0 Å². The first-order chi connectivity index (χ1) is 9.58. The second-order valence-corrected chi connectivity index (χ2v) is 4.29. The molecule has 0 atom stereocenters. The van der Waals surface area contributed by atoms with E-state index in [1.54, 1.807) is 0 Å². The van der Waals surface area contributed by atoms with E-state index in [1.165, 1.54) is 19.1 Å². The molecule has 2 aromatic rings. The molecule has 1 aromatic heterocycles. The van der Waals surface area contributed by atoms with Gasteiger partial charge in [-0.25, -0.2) is 19.4 Å². The van der Waals surface area contributed by atoms with Crippen molar-refractivity contribution in [3.05, 3.63) is 40.5 Å². The molecular formula is C14H7FN4O. The van der Waals surface area contributed by atoms with Crippen LogP contribution in [-0.2, 0) is 0 Å². The molecule has 0 unspecified atom stereocenters. The average molecular weight is 266 g/mol. The maximum Gasteiger partial charge on any atom is 0.214 e. The molecule has 1 aliphatic carbocycles. The third kappa shape index (κ3) is 1.40. The number of aromatic nitrogens is 2. The molecule has 1 aliphatic rings. The number of hydrogen-bond acceptors (Lipinski definition) is 5. The van der Waals surface area contributed by atoms with Gasteiger partial charge in [-0.05, 0) is 31.3 Å². The van der Waals surface area contributed by atoms with Crippen molar-refractivity contribution in [1.82, 2.24) is 9.97 Å². The number of carbonyl (C=O) groups is 1. The minimum Gasteiger partial charge on any atom is -0.287 e. The van der Waals surface area contributed by atoms with Crippen LogP contribution in [0.1, 0.15) is 27.3 Å². The maximum absolute atomic E-state index is 13.6. The standard InChI is InChI=1S/C14H7FN4O/c1-6-8(15)4-3-7-10(6)13(20)12-11(7)19-14(17-2)9(5-16)18-12/h3-4H,2H2,1H3. The molecule has 20 heavy (non-hydrogen) atoms. The van der Waals surface area contributed by atoms with Gasteiger partial charge in [0, 0.05) is 11.1 Å². The third-order valence-corrected chi connectivity index (χ3v) is 3.23. The smallest absolute Gasteiger partial charge is 0.214 e. The first-order valence-corrected chi connectivity index (χ1v) is 5.71. The Labute approximate surface area is 113 Å². The number of aliphatic imine (C=N–C) groups is 1. The summed E-state index contributed by atoms with van der Waals surface area (Å²) < 4.78 is 13.6. The first kappa shape index (κ1) is 12.1. The molecule has 0 aliphatic heterocycles. The molecule has 0 saturated heterocycles. The van der Waals surface area contributed by atoms with E-state index in [9.17, 15) is 9.18 Å². The summed E-state index contributed by atoms with van der Waals surface area (Å²) in [6.45, 7) is 4.85. The largest absolute Gasteiger partial charge is 0.287 e. The molecule has 5 nitrogen and oxygen atoms in total. The van der Waals surface area contributed by atoms with Crippen molar-refractivity contribution in [3.8, 4) is 17.3 Å². The van der Waals surface area contributed by atoms with E-state index in [0.717, 1.165) is 0 Å². The van der Waals surface area contributed by atoms with Crippen LogP contribution in [0, 0.1) is 24.1 Å². The van der Waals surface area contributed by atoms with Crippen molar-refractivity contribution < 1.29 is 9.18 Å². The summed E-state index contributed by atoms with van der Waals surface area (Å²) in [4.78, 5) is 24.1. The fourth-order valence-corrected chi connectivity index (χ4v) is 2.25. The first-order valence-electron chi connectivity index (χ1n) is 5.71. The zero-order chi connectivity index (χ0) is 14.4. The Morgan fingerprint density at radius 3 is 2.75 bits per heavy atom. The van der Waals surface area contributed by atoms with Gasteiger partial charge in [-0.2, -0.15) is 5.26 Å². The summed E-state index contributed by atoms with van der Waals surface area (Å²) in [5.74, 6) is -0.826. The van der Waals surface area contributed by atoms with Crippen LogP contribution in [0.4, 0.5) is 10.2 Å². The highest BCUT2D eigenvalue weighted by Gasteiger charge is 2.33. The summed E-state index contributed by atoms with van der Waals surface area (Å²) in [6.07, 6.45) is 0. The van der Waals surface area contributed by atoms with E-state index in [4.69, 9.17) is 5.26 Å². The SMILES string of the molecule is C=Nc1nc2c(nc1C#N)C(=O)c1c-2ccc(F)c1C. The number of fused-ring (bicyclic) bond motifs is 3. The summed E-state index contributed by atoms with van der Waals surface area (Å²) in [5.41, 5.74) is 1.29. The molecule has 0 N–H and O–H groups in total. The molecule has 0 bridgehead atoms. The Bertz CT molecular complexity index is 836. The van der Waals surface area contributed by atoms with Gasteiger partial charge in [0.25, 0.3) is 0 Å². The maximum atomic E-state index is 13.6. The van der Waals surface area contributed by atoms with Crippen molar-refractivity contribution in [2.24, 2.45) is 4.99 Å². The van der Waals surface area contributed by atoms with Gasteiger partial charge in [-0.3, -0.25) is 4.79 Å². The lowest BCUT2D eigenvalue weighted by atomic mass is 10.0. The number of hydrogen-bond donors (Lipinski definition) is 0. The van der Waals surface area contributed by atoms with Crippen molar-refractivity contribution in [3.63, 3.8) is 0 Å². The average Bonchev–Trinajstić information content (AvgIpc) is 2.74. The van der Waals surface area contributed by atoms with Crippen LogP contribution in [0.25, 0.3) is 11.3 Å². The number of rotatable bonds is 1. The fourth-order valence-electron chi connectivity index (χ4n) is 2.25. The predicted molar refractivity (Wildman–Crippen MR) is 69.5 cm³/mol. The van der Waals surface area contributed by atoms with Crippen LogP contribution in [0.15, 0.2) is 17.1 Å². The number of benzene rings is 1. The molecule has 0 amide bonds. The number of halogens is 1. The monoisotopic (exact) mass is 266 g/mol. The minimum atomic E-state index is -0.465. The van der Waals surface area contributed by atoms with Gasteiger partial charge in [0.05, 0.1) is 0 Å². The number of carbonyl (C=O) groups excluding carboxylic acids is 1. The summed E-state index contributed by atoms with van der Waals surface area (Å²) in [6, 6.07) is 4.57. The topological polar surface area (TPSA) is 79.0 Å². The van der Waals surface area contributed by atoms with Crippen molar-refractivity contribution in [1.29, 1.82) is 5.26 Å². The van der Waals surface area contributed by atoms with Gasteiger partial charge < -0.3 is 0 Å². The van der Waals surface area contributed by atoms with E-state index in [2.05, 4.69) is 21.7 Å². The molecule has 1 aromatic carbocycles. The highest BCUT2D eigenvalue weighted by Crippen LogP contribution is 2.38. The highest BCUT2D eigenvalue weighted by molar-refractivity contribution is 6.20. The highest BCUT2D eigenvalue weighted by atomic mass is 19.1. The minimum absolute atomic E-state index is 0.0534. The van der Waals surface area contributed by atoms with Crippen molar-refractivity contribution in [2.75, 3.05) is 0 Å². The zero-order valence-corrected chi connectivity index (χ0v) is 10.4. The molecule has 3 rings (SSSR count). The lowest BCUT2D eigenvalue weighted by molar-refractivity contribution is 0.103. The van der Waals surface area contributed by atoms with Crippen molar-refractivity contribution >= 4 is 18.3 Å². The van der Waals surface area contributed by atoms with E-state index >= 15 is 0 Å². The van der Waals surface area contributed by atoms with Gasteiger partial charge in [-0.15, -0.1) is 0 Å².